The first-order valence-electron chi connectivity index (χ1n) is 7.70. The molecule has 1 aromatic carbocycles. The van der Waals surface area contributed by atoms with Crippen molar-refractivity contribution in [2.24, 2.45) is 0 Å². The number of hydrogen-bond donors (Lipinski definition) is 1. The zero-order valence-corrected chi connectivity index (χ0v) is 13.3. The Morgan fingerprint density at radius 2 is 2.12 bits per heavy atom. The van der Waals surface area contributed by atoms with Crippen molar-refractivity contribution < 1.29 is 13.9 Å². The van der Waals surface area contributed by atoms with E-state index in [0.29, 0.717) is 18.7 Å². The molecular weight excluding hydrogens is 308 g/mol. The molecule has 0 aliphatic rings. The van der Waals surface area contributed by atoms with Crippen molar-refractivity contribution in [3.8, 4) is 11.7 Å². The summed E-state index contributed by atoms with van der Waals surface area (Å²) < 4.78 is 12.4. The van der Waals surface area contributed by atoms with Crippen molar-refractivity contribution in [3.63, 3.8) is 0 Å². The molecule has 0 spiro atoms. The van der Waals surface area contributed by atoms with Crippen LogP contribution in [0, 0.1) is 0 Å². The molecule has 1 amide bonds. The number of furan rings is 1. The molecule has 2 aromatic heterocycles. The molecule has 7 nitrogen and oxygen atoms in total. The maximum Gasteiger partial charge on any atom is 0.336 e. The van der Waals surface area contributed by atoms with Gasteiger partial charge in [-0.15, -0.1) is 5.10 Å². The van der Waals surface area contributed by atoms with Crippen LogP contribution in [0.15, 0.2) is 59.5 Å². The van der Waals surface area contributed by atoms with E-state index < -0.39 is 6.10 Å². The summed E-state index contributed by atoms with van der Waals surface area (Å²) in [6, 6.07) is 13.3. The highest BCUT2D eigenvalue weighted by Gasteiger charge is 2.20. The van der Waals surface area contributed by atoms with Gasteiger partial charge in [0.15, 0.2) is 6.10 Å². The number of aromatic nitrogens is 3. The fourth-order valence-corrected chi connectivity index (χ4v) is 2.16. The second-order valence-electron chi connectivity index (χ2n) is 5.12. The number of rotatable bonds is 7. The van der Waals surface area contributed by atoms with Gasteiger partial charge in [-0.1, -0.05) is 25.1 Å². The molecule has 1 N–H and O–H groups in total. The van der Waals surface area contributed by atoms with E-state index in [2.05, 4.69) is 15.4 Å². The lowest BCUT2D eigenvalue weighted by Gasteiger charge is -2.14. The van der Waals surface area contributed by atoms with E-state index in [-0.39, 0.29) is 11.9 Å². The molecule has 1 unspecified atom stereocenters. The van der Waals surface area contributed by atoms with Gasteiger partial charge in [0.05, 0.1) is 18.5 Å². The molecule has 124 valence electrons. The van der Waals surface area contributed by atoms with E-state index in [1.165, 1.54) is 0 Å². The summed E-state index contributed by atoms with van der Waals surface area (Å²) in [5.74, 6) is 0.453. The van der Waals surface area contributed by atoms with Gasteiger partial charge in [-0.25, -0.2) is 4.68 Å². The van der Waals surface area contributed by atoms with Gasteiger partial charge >= 0.3 is 6.01 Å². The number of nitrogens with zero attached hydrogens (tertiary/aromatic N) is 3. The summed E-state index contributed by atoms with van der Waals surface area (Å²) in [6.07, 6.45) is 2.96. The van der Waals surface area contributed by atoms with Crippen LogP contribution in [0.4, 0.5) is 0 Å². The van der Waals surface area contributed by atoms with Crippen molar-refractivity contribution in [3.05, 3.63) is 60.8 Å². The highest BCUT2D eigenvalue weighted by molar-refractivity contribution is 5.80. The smallest absolute Gasteiger partial charge is 0.336 e. The lowest BCUT2D eigenvalue weighted by Crippen LogP contribution is -2.37. The second kappa shape index (κ2) is 7.45. The molecule has 0 aliphatic heterocycles. The fourth-order valence-electron chi connectivity index (χ4n) is 2.16. The van der Waals surface area contributed by atoms with E-state index in [4.69, 9.17) is 9.15 Å². The Labute approximate surface area is 139 Å². The lowest BCUT2D eigenvalue weighted by molar-refractivity contribution is -0.128. The molecule has 0 saturated heterocycles. The van der Waals surface area contributed by atoms with Crippen molar-refractivity contribution in [1.82, 2.24) is 20.1 Å². The molecule has 2 heterocycles. The van der Waals surface area contributed by atoms with Crippen LogP contribution in [0.25, 0.3) is 5.69 Å². The third-order valence-corrected chi connectivity index (χ3v) is 3.42. The SMILES string of the molecule is CCC(Oc1ncn(-c2ccccc2)n1)C(=O)NCc1ccco1. The first-order valence-corrected chi connectivity index (χ1v) is 7.70. The van der Waals surface area contributed by atoms with Crippen molar-refractivity contribution in [2.75, 3.05) is 0 Å². The van der Waals surface area contributed by atoms with Crippen LogP contribution in [0.2, 0.25) is 0 Å². The first-order chi connectivity index (χ1) is 11.8. The van der Waals surface area contributed by atoms with Gasteiger partial charge in [0.2, 0.25) is 0 Å². The fraction of sp³-hybridized carbons (Fsp3) is 0.235. The average molecular weight is 326 g/mol. The average Bonchev–Trinajstić information content (AvgIpc) is 3.30. The van der Waals surface area contributed by atoms with Gasteiger partial charge in [0.25, 0.3) is 5.91 Å². The van der Waals surface area contributed by atoms with Gasteiger partial charge < -0.3 is 14.5 Å². The number of carbonyl (C=O) groups excluding carboxylic acids is 1. The van der Waals surface area contributed by atoms with Crippen LogP contribution in [0.5, 0.6) is 6.01 Å². The van der Waals surface area contributed by atoms with Crippen LogP contribution >= 0.6 is 0 Å². The Morgan fingerprint density at radius 3 is 2.83 bits per heavy atom. The summed E-state index contributed by atoms with van der Waals surface area (Å²) >= 11 is 0. The second-order valence-corrected chi connectivity index (χ2v) is 5.12. The zero-order chi connectivity index (χ0) is 16.8. The van der Waals surface area contributed by atoms with Gasteiger partial charge in [0, 0.05) is 0 Å². The monoisotopic (exact) mass is 326 g/mol. The molecule has 3 aromatic rings. The minimum atomic E-state index is -0.661. The summed E-state index contributed by atoms with van der Waals surface area (Å²) in [5, 5.41) is 7.02. The highest BCUT2D eigenvalue weighted by atomic mass is 16.5. The maximum atomic E-state index is 12.2. The summed E-state index contributed by atoms with van der Waals surface area (Å²) in [5.41, 5.74) is 0.871. The van der Waals surface area contributed by atoms with E-state index in [0.717, 1.165) is 5.69 Å². The van der Waals surface area contributed by atoms with Crippen molar-refractivity contribution >= 4 is 5.91 Å². The van der Waals surface area contributed by atoms with E-state index in [1.54, 1.807) is 29.4 Å². The number of ether oxygens (including phenoxy) is 1. The molecular formula is C17H18N4O3. The minimum absolute atomic E-state index is 0.166. The Hall–Kier alpha value is -3.09. The topological polar surface area (TPSA) is 82.2 Å². The van der Waals surface area contributed by atoms with Crippen molar-refractivity contribution in [2.45, 2.75) is 26.0 Å². The maximum absolute atomic E-state index is 12.2. The molecule has 24 heavy (non-hydrogen) atoms. The third kappa shape index (κ3) is 3.81. The normalized spacial score (nSPS) is 11.9. The summed E-state index contributed by atoms with van der Waals surface area (Å²) in [7, 11) is 0. The number of nitrogens with one attached hydrogen (secondary N) is 1. The predicted molar refractivity (Wildman–Crippen MR) is 86.6 cm³/mol. The molecule has 0 radical (unpaired) electrons. The molecule has 1 atom stereocenters. The van der Waals surface area contributed by atoms with Crippen LogP contribution in [-0.2, 0) is 11.3 Å². The van der Waals surface area contributed by atoms with Crippen LogP contribution in [-0.4, -0.2) is 26.8 Å². The number of carbonyl (C=O) groups is 1. The van der Waals surface area contributed by atoms with Gasteiger partial charge in [-0.2, -0.15) is 4.98 Å². The standard InChI is InChI=1S/C17H18N4O3/c1-2-15(16(22)18-11-14-9-6-10-23-14)24-17-19-12-21(20-17)13-7-4-3-5-8-13/h3-10,12,15H,2,11H2,1H3,(H,18,22). The molecule has 0 fully saturated rings. The number of para-hydroxylation sites is 1. The van der Waals surface area contributed by atoms with E-state index in [1.807, 2.05) is 37.3 Å². The predicted octanol–water partition coefficient (Wildman–Crippen LogP) is 2.33. The zero-order valence-electron chi connectivity index (χ0n) is 13.3. The van der Waals surface area contributed by atoms with E-state index >= 15 is 0 Å². The van der Waals surface area contributed by atoms with E-state index in [9.17, 15) is 4.79 Å². The van der Waals surface area contributed by atoms with Crippen molar-refractivity contribution in [1.29, 1.82) is 0 Å². The lowest BCUT2D eigenvalue weighted by atomic mass is 10.2. The summed E-state index contributed by atoms with van der Waals surface area (Å²) in [6.45, 7) is 2.18. The molecule has 3 rings (SSSR count). The number of benzene rings is 1. The Balaban J connectivity index is 1.60. The molecule has 0 bridgehead atoms. The minimum Gasteiger partial charge on any atom is -0.467 e. The molecule has 0 aliphatic carbocycles. The molecule has 7 heteroatoms. The van der Waals surface area contributed by atoms with Crippen LogP contribution in [0.1, 0.15) is 19.1 Å². The Kier molecular flexibility index (Phi) is 4.90. The quantitative estimate of drug-likeness (QED) is 0.720. The van der Waals surface area contributed by atoms with Gasteiger partial charge in [-0.05, 0) is 30.7 Å². The first kappa shape index (κ1) is 15.8. The van der Waals surface area contributed by atoms with Crippen LogP contribution < -0.4 is 10.1 Å². The number of amides is 1. The van der Waals surface area contributed by atoms with Gasteiger partial charge in [-0.3, -0.25) is 4.79 Å². The Morgan fingerprint density at radius 1 is 1.29 bits per heavy atom. The largest absolute Gasteiger partial charge is 0.467 e. The number of hydrogen-bond acceptors (Lipinski definition) is 5. The molecule has 0 saturated carbocycles. The third-order valence-electron chi connectivity index (χ3n) is 3.42. The highest BCUT2D eigenvalue weighted by Crippen LogP contribution is 2.11. The Bertz CT molecular complexity index is 768. The van der Waals surface area contributed by atoms with Gasteiger partial charge in [0.1, 0.15) is 12.1 Å². The summed E-state index contributed by atoms with van der Waals surface area (Å²) in [4.78, 5) is 16.3. The van der Waals surface area contributed by atoms with Crippen LogP contribution in [0.3, 0.4) is 0 Å².